The average molecular weight is 448 g/mol. The molecule has 0 unspecified atom stereocenters. The summed E-state index contributed by atoms with van der Waals surface area (Å²) in [6.45, 7) is 0.296. The molecule has 6 heteroatoms. The molecule has 1 aliphatic rings. The Balaban J connectivity index is 1.28. The number of aromatic amines is 1. The number of para-hydroxylation sites is 1. The van der Waals surface area contributed by atoms with Gasteiger partial charge in [-0.15, -0.1) is 11.8 Å². The minimum atomic E-state index is 0.296. The first-order valence-electron chi connectivity index (χ1n) is 8.49. The Bertz CT molecular complexity index is 954. The summed E-state index contributed by atoms with van der Waals surface area (Å²) in [5.41, 5.74) is 3.75. The van der Waals surface area contributed by atoms with Gasteiger partial charge in [-0.3, -0.25) is 0 Å². The quantitative estimate of drug-likeness (QED) is 0.453. The van der Waals surface area contributed by atoms with Gasteiger partial charge in [-0.2, -0.15) is 0 Å². The van der Waals surface area contributed by atoms with Crippen molar-refractivity contribution in [3.8, 4) is 11.5 Å². The molecule has 1 aliphatic heterocycles. The van der Waals surface area contributed by atoms with Crippen molar-refractivity contribution in [2.75, 3.05) is 6.79 Å². The number of aryl methyl sites for hydroxylation is 1. The first kappa shape index (κ1) is 17.9. The molecule has 0 radical (unpaired) electrons. The van der Waals surface area contributed by atoms with E-state index in [1.807, 2.05) is 12.1 Å². The van der Waals surface area contributed by atoms with Crippen LogP contribution < -0.4 is 9.47 Å². The SMILES string of the molecule is S=C(CCCc1c[nH]c2ccccc12)SCc1cc2c(cc1Br)OCO2. The van der Waals surface area contributed by atoms with Crippen molar-refractivity contribution in [3.63, 3.8) is 0 Å². The highest BCUT2D eigenvalue weighted by Crippen LogP contribution is 2.38. The summed E-state index contributed by atoms with van der Waals surface area (Å²) in [5.74, 6) is 2.45. The zero-order valence-electron chi connectivity index (χ0n) is 14.1. The van der Waals surface area contributed by atoms with Crippen LogP contribution >= 0.6 is 39.9 Å². The zero-order chi connectivity index (χ0) is 17.9. The van der Waals surface area contributed by atoms with Crippen molar-refractivity contribution in [1.82, 2.24) is 4.98 Å². The van der Waals surface area contributed by atoms with Crippen LogP contribution in [0.4, 0.5) is 0 Å². The molecule has 0 atom stereocenters. The van der Waals surface area contributed by atoms with Crippen molar-refractivity contribution in [3.05, 3.63) is 58.2 Å². The number of rotatable bonds is 6. The molecule has 0 saturated heterocycles. The van der Waals surface area contributed by atoms with Crippen LogP contribution in [0.3, 0.4) is 0 Å². The topological polar surface area (TPSA) is 34.2 Å². The first-order chi connectivity index (χ1) is 12.7. The molecule has 1 N–H and O–H groups in total. The molecule has 0 aliphatic carbocycles. The Morgan fingerprint density at radius 3 is 2.85 bits per heavy atom. The summed E-state index contributed by atoms with van der Waals surface area (Å²) in [6.07, 6.45) is 5.17. The molecule has 1 aromatic heterocycles. The molecule has 3 nitrogen and oxygen atoms in total. The Morgan fingerprint density at radius 2 is 1.96 bits per heavy atom. The molecular formula is C20H18BrNO2S2. The molecular weight excluding hydrogens is 430 g/mol. The third-order valence-corrected chi connectivity index (χ3v) is 6.71. The number of aromatic nitrogens is 1. The molecule has 0 saturated carbocycles. The fraction of sp³-hybridized carbons (Fsp3) is 0.250. The fourth-order valence-electron chi connectivity index (χ4n) is 3.06. The Labute approximate surface area is 170 Å². The number of benzene rings is 2. The van der Waals surface area contributed by atoms with Gasteiger partial charge in [0.05, 0.1) is 0 Å². The first-order valence-corrected chi connectivity index (χ1v) is 10.7. The molecule has 0 amide bonds. The van der Waals surface area contributed by atoms with Crippen molar-refractivity contribution in [1.29, 1.82) is 0 Å². The summed E-state index contributed by atoms with van der Waals surface area (Å²) < 4.78 is 12.9. The Morgan fingerprint density at radius 1 is 1.15 bits per heavy atom. The van der Waals surface area contributed by atoms with Gasteiger partial charge in [0.25, 0.3) is 0 Å². The monoisotopic (exact) mass is 447 g/mol. The second kappa shape index (κ2) is 8.03. The highest BCUT2D eigenvalue weighted by molar-refractivity contribution is 9.10. The minimum Gasteiger partial charge on any atom is -0.454 e. The lowest BCUT2D eigenvalue weighted by Crippen LogP contribution is -1.94. The van der Waals surface area contributed by atoms with E-state index in [2.05, 4.69) is 51.4 Å². The second-order valence-electron chi connectivity index (χ2n) is 6.17. The van der Waals surface area contributed by atoms with Gasteiger partial charge in [0.1, 0.15) is 0 Å². The normalized spacial score (nSPS) is 12.7. The highest BCUT2D eigenvalue weighted by atomic mass is 79.9. The maximum atomic E-state index is 5.57. The number of thiocarbonyl (C=S) groups is 1. The minimum absolute atomic E-state index is 0.296. The summed E-state index contributed by atoms with van der Waals surface area (Å²) in [5, 5.41) is 1.32. The van der Waals surface area contributed by atoms with Gasteiger partial charge in [-0.25, -0.2) is 0 Å². The molecule has 26 heavy (non-hydrogen) atoms. The predicted molar refractivity (Wildman–Crippen MR) is 115 cm³/mol. The number of nitrogens with one attached hydrogen (secondary N) is 1. The van der Waals surface area contributed by atoms with E-state index in [1.54, 1.807) is 11.8 Å². The van der Waals surface area contributed by atoms with Gasteiger partial charge in [-0.1, -0.05) is 46.3 Å². The lowest BCUT2D eigenvalue weighted by atomic mass is 10.1. The standard InChI is InChI=1S/C20H18BrNO2S2/c21-16-9-19-18(23-12-24-19)8-14(16)11-26-20(25)7-3-4-13-10-22-17-6-2-1-5-15(13)17/h1-2,5-6,8-10,22H,3-4,7,11-12H2. The molecule has 0 spiro atoms. The smallest absolute Gasteiger partial charge is 0.231 e. The van der Waals surface area contributed by atoms with Crippen molar-refractivity contribution < 1.29 is 9.47 Å². The van der Waals surface area contributed by atoms with Gasteiger partial charge in [0.2, 0.25) is 6.79 Å². The number of hydrogen-bond acceptors (Lipinski definition) is 4. The number of thioether (sulfide) groups is 1. The molecule has 4 rings (SSSR count). The summed E-state index contributed by atoms with van der Waals surface area (Å²) >= 11 is 10.9. The van der Waals surface area contributed by atoms with E-state index in [0.717, 1.165) is 45.2 Å². The van der Waals surface area contributed by atoms with Gasteiger partial charge >= 0.3 is 0 Å². The van der Waals surface area contributed by atoms with Crippen LogP contribution in [-0.4, -0.2) is 16.0 Å². The van der Waals surface area contributed by atoms with Gasteiger partial charge in [0, 0.05) is 31.5 Å². The van der Waals surface area contributed by atoms with Crippen molar-refractivity contribution in [2.24, 2.45) is 0 Å². The Hall–Kier alpha value is -1.50. The number of ether oxygens (including phenoxy) is 2. The maximum Gasteiger partial charge on any atom is 0.231 e. The molecule has 2 heterocycles. The van der Waals surface area contributed by atoms with E-state index in [1.165, 1.54) is 22.0 Å². The van der Waals surface area contributed by atoms with E-state index in [0.29, 0.717) is 6.79 Å². The van der Waals surface area contributed by atoms with E-state index < -0.39 is 0 Å². The Kier molecular flexibility index (Phi) is 5.52. The van der Waals surface area contributed by atoms with Crippen molar-refractivity contribution >= 4 is 55.0 Å². The number of hydrogen-bond donors (Lipinski definition) is 1. The molecule has 0 bridgehead atoms. The third-order valence-electron chi connectivity index (χ3n) is 4.43. The lowest BCUT2D eigenvalue weighted by molar-refractivity contribution is 0.174. The van der Waals surface area contributed by atoms with E-state index in [-0.39, 0.29) is 0 Å². The van der Waals surface area contributed by atoms with Crippen LogP contribution in [0.15, 0.2) is 47.1 Å². The second-order valence-corrected chi connectivity index (χ2v) is 8.85. The zero-order valence-corrected chi connectivity index (χ0v) is 17.3. The van der Waals surface area contributed by atoms with Gasteiger partial charge in [-0.05, 0) is 48.6 Å². The van der Waals surface area contributed by atoms with Crippen LogP contribution in [-0.2, 0) is 12.2 Å². The van der Waals surface area contributed by atoms with Crippen LogP contribution in [0.25, 0.3) is 10.9 Å². The molecule has 0 fully saturated rings. The largest absolute Gasteiger partial charge is 0.454 e. The third kappa shape index (κ3) is 3.92. The highest BCUT2D eigenvalue weighted by Gasteiger charge is 2.16. The summed E-state index contributed by atoms with van der Waals surface area (Å²) in [4.78, 5) is 3.33. The van der Waals surface area contributed by atoms with E-state index in [9.17, 15) is 0 Å². The predicted octanol–water partition coefficient (Wildman–Crippen LogP) is 6.24. The lowest BCUT2D eigenvalue weighted by Gasteiger charge is -2.07. The van der Waals surface area contributed by atoms with Crippen LogP contribution in [0, 0.1) is 0 Å². The van der Waals surface area contributed by atoms with E-state index >= 15 is 0 Å². The number of H-pyrrole nitrogens is 1. The molecule has 2 aromatic carbocycles. The van der Waals surface area contributed by atoms with Crippen LogP contribution in [0.2, 0.25) is 0 Å². The summed E-state index contributed by atoms with van der Waals surface area (Å²) in [6, 6.07) is 12.4. The van der Waals surface area contributed by atoms with Gasteiger partial charge < -0.3 is 14.5 Å². The number of halogens is 1. The van der Waals surface area contributed by atoms with E-state index in [4.69, 9.17) is 21.7 Å². The maximum absolute atomic E-state index is 5.57. The summed E-state index contributed by atoms with van der Waals surface area (Å²) in [7, 11) is 0. The van der Waals surface area contributed by atoms with Crippen LogP contribution in [0.1, 0.15) is 24.0 Å². The van der Waals surface area contributed by atoms with Gasteiger partial charge in [0.15, 0.2) is 11.5 Å². The average Bonchev–Trinajstić information content (AvgIpc) is 3.26. The van der Waals surface area contributed by atoms with Crippen molar-refractivity contribution in [2.45, 2.75) is 25.0 Å². The molecule has 3 aromatic rings. The number of fused-ring (bicyclic) bond motifs is 2. The fourth-order valence-corrected chi connectivity index (χ4v) is 4.88. The molecule has 134 valence electrons. The van der Waals surface area contributed by atoms with Crippen LogP contribution in [0.5, 0.6) is 11.5 Å².